The van der Waals surface area contributed by atoms with Crippen LogP contribution in [-0.2, 0) is 11.0 Å². The minimum atomic E-state index is -4.44. The summed E-state index contributed by atoms with van der Waals surface area (Å²) in [6, 6.07) is 4.68. The molecule has 0 bridgehead atoms. The van der Waals surface area contributed by atoms with Gasteiger partial charge in [0.15, 0.2) is 0 Å². The Bertz CT molecular complexity index is 619. The minimum Gasteiger partial charge on any atom is -0.481 e. The predicted octanol–water partition coefficient (Wildman–Crippen LogP) is 2.66. The topological polar surface area (TPSA) is 79.1 Å². The van der Waals surface area contributed by atoms with Crippen molar-refractivity contribution in [3.05, 3.63) is 35.5 Å². The number of halogens is 3. The highest BCUT2D eigenvalue weighted by Crippen LogP contribution is 2.32. The van der Waals surface area contributed by atoms with Gasteiger partial charge in [0.25, 0.3) is 0 Å². The van der Waals surface area contributed by atoms with Crippen molar-refractivity contribution in [3.8, 4) is 0 Å². The molecule has 0 amide bonds. The van der Waals surface area contributed by atoms with Crippen molar-refractivity contribution in [2.24, 2.45) is 5.73 Å². The van der Waals surface area contributed by atoms with Crippen molar-refractivity contribution in [2.75, 3.05) is 0 Å². The Hall–Kier alpha value is -2.02. The van der Waals surface area contributed by atoms with Gasteiger partial charge in [-0.3, -0.25) is 4.79 Å². The number of nitrogens with one attached hydrogen (secondary N) is 1. The molecule has 0 spiro atoms. The van der Waals surface area contributed by atoms with E-state index in [9.17, 15) is 18.0 Å². The average molecular weight is 272 g/mol. The molecule has 0 saturated carbocycles. The maximum Gasteiger partial charge on any atom is 0.431 e. The quantitative estimate of drug-likeness (QED) is 0.803. The molecule has 2 rings (SSSR count). The SMILES string of the molecule is NC(CC(=O)O)c1ccc2[nH]c(C(F)(F)F)cc2c1. The second-order valence-corrected chi connectivity index (χ2v) is 4.23. The molecular formula is C12H11F3N2O2. The zero-order chi connectivity index (χ0) is 14.2. The van der Waals surface area contributed by atoms with Crippen LogP contribution in [0.15, 0.2) is 24.3 Å². The number of carboxylic acids is 1. The highest BCUT2D eigenvalue weighted by atomic mass is 19.4. The van der Waals surface area contributed by atoms with Gasteiger partial charge in [0, 0.05) is 16.9 Å². The normalized spacial score (nSPS) is 13.7. The van der Waals surface area contributed by atoms with Gasteiger partial charge in [0.1, 0.15) is 5.69 Å². The largest absolute Gasteiger partial charge is 0.481 e. The molecule has 1 unspecified atom stereocenters. The first-order valence-corrected chi connectivity index (χ1v) is 5.44. The smallest absolute Gasteiger partial charge is 0.431 e. The van der Waals surface area contributed by atoms with Crippen LogP contribution in [0.25, 0.3) is 10.9 Å². The van der Waals surface area contributed by atoms with Crippen molar-refractivity contribution in [1.29, 1.82) is 0 Å². The summed E-state index contributed by atoms with van der Waals surface area (Å²) in [5, 5.41) is 8.99. The van der Waals surface area contributed by atoms with Crippen LogP contribution in [0, 0.1) is 0 Å². The number of carboxylic acid groups (broad SMARTS) is 1. The van der Waals surface area contributed by atoms with E-state index in [1.807, 2.05) is 0 Å². The Morgan fingerprint density at radius 3 is 2.63 bits per heavy atom. The molecule has 102 valence electrons. The van der Waals surface area contributed by atoms with Crippen LogP contribution in [0.2, 0.25) is 0 Å². The van der Waals surface area contributed by atoms with Gasteiger partial charge in [-0.15, -0.1) is 0 Å². The van der Waals surface area contributed by atoms with Gasteiger partial charge < -0.3 is 15.8 Å². The van der Waals surface area contributed by atoms with Gasteiger partial charge in [-0.1, -0.05) is 6.07 Å². The van der Waals surface area contributed by atoms with Crippen LogP contribution in [0.3, 0.4) is 0 Å². The number of benzene rings is 1. The molecule has 4 nitrogen and oxygen atoms in total. The van der Waals surface area contributed by atoms with Gasteiger partial charge >= 0.3 is 12.1 Å². The number of hydrogen-bond acceptors (Lipinski definition) is 2. The molecule has 0 radical (unpaired) electrons. The van der Waals surface area contributed by atoms with E-state index in [-0.39, 0.29) is 6.42 Å². The number of hydrogen-bond donors (Lipinski definition) is 3. The van der Waals surface area contributed by atoms with E-state index in [2.05, 4.69) is 4.98 Å². The first-order chi connectivity index (χ1) is 8.77. The fourth-order valence-electron chi connectivity index (χ4n) is 1.84. The predicted molar refractivity (Wildman–Crippen MR) is 62.5 cm³/mol. The molecule has 19 heavy (non-hydrogen) atoms. The molecule has 0 aliphatic carbocycles. The molecule has 1 heterocycles. The number of aliphatic carboxylic acids is 1. The number of aromatic amines is 1. The third-order valence-electron chi connectivity index (χ3n) is 2.77. The van der Waals surface area contributed by atoms with Crippen molar-refractivity contribution in [2.45, 2.75) is 18.6 Å². The van der Waals surface area contributed by atoms with Crippen molar-refractivity contribution in [3.63, 3.8) is 0 Å². The Labute approximate surface area is 106 Å². The third kappa shape index (κ3) is 2.87. The van der Waals surface area contributed by atoms with Crippen molar-refractivity contribution >= 4 is 16.9 Å². The van der Waals surface area contributed by atoms with Gasteiger partial charge in [0.2, 0.25) is 0 Å². The standard InChI is InChI=1S/C12H11F3N2O2/c13-12(14,15)10-4-7-3-6(1-2-9(7)17-10)8(16)5-11(18)19/h1-4,8,17H,5,16H2,(H,18,19). The number of alkyl halides is 3. The Morgan fingerprint density at radius 2 is 2.05 bits per heavy atom. The fraction of sp³-hybridized carbons (Fsp3) is 0.250. The lowest BCUT2D eigenvalue weighted by molar-refractivity contribution is -0.140. The summed E-state index contributed by atoms with van der Waals surface area (Å²) in [5.41, 5.74) is 5.65. The monoisotopic (exact) mass is 272 g/mol. The summed E-state index contributed by atoms with van der Waals surface area (Å²) in [7, 11) is 0. The van der Waals surface area contributed by atoms with Crippen LogP contribution in [0.5, 0.6) is 0 Å². The Balaban J connectivity index is 2.38. The zero-order valence-corrected chi connectivity index (χ0v) is 9.66. The maximum atomic E-state index is 12.5. The van der Waals surface area contributed by atoms with E-state index < -0.39 is 23.9 Å². The number of H-pyrrole nitrogens is 1. The Morgan fingerprint density at radius 1 is 1.37 bits per heavy atom. The summed E-state index contributed by atoms with van der Waals surface area (Å²) in [6.45, 7) is 0. The number of aromatic nitrogens is 1. The first-order valence-electron chi connectivity index (χ1n) is 5.44. The molecular weight excluding hydrogens is 261 g/mol. The highest BCUT2D eigenvalue weighted by Gasteiger charge is 2.32. The number of fused-ring (bicyclic) bond motifs is 1. The van der Waals surface area contributed by atoms with E-state index in [1.54, 1.807) is 0 Å². The first kappa shape index (κ1) is 13.4. The third-order valence-corrected chi connectivity index (χ3v) is 2.77. The molecule has 1 aromatic heterocycles. The maximum absolute atomic E-state index is 12.5. The number of rotatable bonds is 3. The summed E-state index contributed by atoms with van der Waals surface area (Å²) < 4.78 is 37.6. The van der Waals surface area contributed by atoms with Crippen molar-refractivity contribution in [1.82, 2.24) is 4.98 Å². The lowest BCUT2D eigenvalue weighted by Crippen LogP contribution is -2.14. The van der Waals surface area contributed by atoms with E-state index in [4.69, 9.17) is 10.8 Å². The van der Waals surface area contributed by atoms with Gasteiger partial charge in [-0.2, -0.15) is 13.2 Å². The van der Waals surface area contributed by atoms with Crippen LogP contribution in [0.4, 0.5) is 13.2 Å². The van der Waals surface area contributed by atoms with Crippen LogP contribution < -0.4 is 5.73 Å². The number of nitrogens with two attached hydrogens (primary N) is 1. The average Bonchev–Trinajstić information content (AvgIpc) is 2.69. The van der Waals surface area contributed by atoms with E-state index >= 15 is 0 Å². The van der Waals surface area contributed by atoms with Crippen LogP contribution in [-0.4, -0.2) is 16.1 Å². The second kappa shape index (κ2) is 4.58. The molecule has 1 atom stereocenters. The summed E-state index contributed by atoms with van der Waals surface area (Å²) in [5.74, 6) is -1.06. The fourth-order valence-corrected chi connectivity index (χ4v) is 1.84. The van der Waals surface area contributed by atoms with E-state index in [0.29, 0.717) is 16.5 Å². The van der Waals surface area contributed by atoms with Crippen LogP contribution in [0.1, 0.15) is 23.7 Å². The molecule has 0 fully saturated rings. The summed E-state index contributed by atoms with van der Waals surface area (Å²) >= 11 is 0. The molecule has 2 aromatic rings. The van der Waals surface area contributed by atoms with Gasteiger partial charge in [-0.25, -0.2) is 0 Å². The van der Waals surface area contributed by atoms with Crippen molar-refractivity contribution < 1.29 is 23.1 Å². The molecule has 0 saturated heterocycles. The minimum absolute atomic E-state index is 0.276. The molecule has 0 aliphatic heterocycles. The lowest BCUT2D eigenvalue weighted by Gasteiger charge is -2.08. The molecule has 4 N–H and O–H groups in total. The zero-order valence-electron chi connectivity index (χ0n) is 9.66. The lowest BCUT2D eigenvalue weighted by atomic mass is 10.0. The van der Waals surface area contributed by atoms with E-state index in [1.165, 1.54) is 18.2 Å². The highest BCUT2D eigenvalue weighted by molar-refractivity contribution is 5.81. The van der Waals surface area contributed by atoms with Crippen LogP contribution >= 0.6 is 0 Å². The van der Waals surface area contributed by atoms with Gasteiger partial charge in [-0.05, 0) is 23.8 Å². The molecule has 0 aliphatic rings. The molecule has 1 aromatic carbocycles. The van der Waals surface area contributed by atoms with Gasteiger partial charge in [0.05, 0.1) is 6.42 Å². The summed E-state index contributed by atoms with van der Waals surface area (Å²) in [4.78, 5) is 12.8. The summed E-state index contributed by atoms with van der Waals surface area (Å²) in [6.07, 6.45) is -4.72. The Kier molecular flexibility index (Phi) is 3.23. The number of carbonyl (C=O) groups is 1. The second-order valence-electron chi connectivity index (χ2n) is 4.23. The van der Waals surface area contributed by atoms with E-state index in [0.717, 1.165) is 6.07 Å². The molecule has 7 heteroatoms.